The van der Waals surface area contributed by atoms with E-state index in [2.05, 4.69) is 10.6 Å². The number of halogens is 1. The molecule has 2 aromatic carbocycles. The Morgan fingerprint density at radius 2 is 2.00 bits per heavy atom. The topological polar surface area (TPSA) is 67.4 Å². The summed E-state index contributed by atoms with van der Waals surface area (Å²) >= 11 is 5.83. The van der Waals surface area contributed by atoms with E-state index in [4.69, 9.17) is 16.3 Å². The molecule has 0 aromatic heterocycles. The average molecular weight is 317 g/mol. The number of hydrogen-bond acceptors (Lipinski definition) is 3. The van der Waals surface area contributed by atoms with Gasteiger partial charge in [-0.2, -0.15) is 0 Å². The summed E-state index contributed by atoms with van der Waals surface area (Å²) in [6.45, 7) is 0.621. The molecule has 5 nitrogen and oxygen atoms in total. The van der Waals surface area contributed by atoms with Crippen LogP contribution in [0.3, 0.4) is 0 Å². The van der Waals surface area contributed by atoms with Crippen LogP contribution in [0.15, 0.2) is 42.5 Å². The highest BCUT2D eigenvalue weighted by Gasteiger charge is 2.16. The molecule has 0 radical (unpaired) electrons. The molecule has 0 spiro atoms. The maximum Gasteiger partial charge on any atom is 0.326 e. The van der Waals surface area contributed by atoms with Crippen LogP contribution in [0.25, 0.3) is 0 Å². The van der Waals surface area contributed by atoms with E-state index < -0.39 is 11.9 Å². The predicted molar refractivity (Wildman–Crippen MR) is 83.6 cm³/mol. The van der Waals surface area contributed by atoms with Crippen molar-refractivity contribution in [1.29, 1.82) is 0 Å². The molecule has 0 atom stereocenters. The number of amides is 3. The highest BCUT2D eigenvalue weighted by atomic mass is 35.5. The first-order valence-corrected chi connectivity index (χ1v) is 7.13. The summed E-state index contributed by atoms with van der Waals surface area (Å²) in [6.07, 6.45) is 0.769. The third kappa shape index (κ3) is 3.20. The van der Waals surface area contributed by atoms with Crippen molar-refractivity contribution in [1.82, 2.24) is 5.32 Å². The minimum absolute atomic E-state index is 0.422. The molecule has 2 aromatic rings. The van der Waals surface area contributed by atoms with E-state index in [9.17, 15) is 9.59 Å². The first-order chi connectivity index (χ1) is 10.6. The summed E-state index contributed by atoms with van der Waals surface area (Å²) in [5, 5.41) is 5.34. The minimum Gasteiger partial charge on any atom is -0.493 e. The van der Waals surface area contributed by atoms with E-state index >= 15 is 0 Å². The molecule has 6 heteroatoms. The van der Waals surface area contributed by atoms with Gasteiger partial charge in [-0.3, -0.25) is 10.1 Å². The van der Waals surface area contributed by atoms with Gasteiger partial charge in [0, 0.05) is 22.7 Å². The van der Waals surface area contributed by atoms with Gasteiger partial charge in [0.05, 0.1) is 6.61 Å². The number of rotatable bonds is 2. The van der Waals surface area contributed by atoms with Crippen molar-refractivity contribution in [3.63, 3.8) is 0 Å². The normalized spacial score (nSPS) is 12.2. The zero-order chi connectivity index (χ0) is 15.5. The van der Waals surface area contributed by atoms with Crippen molar-refractivity contribution < 1.29 is 14.3 Å². The molecule has 0 unspecified atom stereocenters. The van der Waals surface area contributed by atoms with Gasteiger partial charge in [-0.25, -0.2) is 4.79 Å². The Hall–Kier alpha value is -2.53. The summed E-state index contributed by atoms with van der Waals surface area (Å²) in [5.74, 6) is 0.328. The number of anilines is 1. The Kier molecular flexibility index (Phi) is 3.98. The number of nitrogens with one attached hydrogen (secondary N) is 2. The molecule has 0 bridgehead atoms. The Morgan fingerprint density at radius 1 is 1.14 bits per heavy atom. The Bertz CT molecular complexity index is 746. The van der Waals surface area contributed by atoms with E-state index in [1.165, 1.54) is 0 Å². The molecule has 0 saturated carbocycles. The monoisotopic (exact) mass is 316 g/mol. The van der Waals surface area contributed by atoms with Gasteiger partial charge in [-0.05, 0) is 42.0 Å². The molecule has 3 rings (SSSR count). The number of hydrogen-bond donors (Lipinski definition) is 2. The molecule has 3 amide bonds. The van der Waals surface area contributed by atoms with Crippen LogP contribution in [0.5, 0.6) is 5.75 Å². The molecule has 1 aliphatic heterocycles. The van der Waals surface area contributed by atoms with Crippen LogP contribution in [0, 0.1) is 0 Å². The molecule has 2 N–H and O–H groups in total. The molecule has 0 aliphatic carbocycles. The van der Waals surface area contributed by atoms with Gasteiger partial charge in [-0.15, -0.1) is 0 Å². The van der Waals surface area contributed by atoms with Gasteiger partial charge < -0.3 is 10.1 Å². The van der Waals surface area contributed by atoms with Crippen LogP contribution >= 0.6 is 11.6 Å². The van der Waals surface area contributed by atoms with Crippen LogP contribution in [0.2, 0.25) is 5.02 Å². The van der Waals surface area contributed by atoms with Gasteiger partial charge in [0.2, 0.25) is 0 Å². The number of imide groups is 1. The number of fused-ring (bicyclic) bond motifs is 1. The standard InChI is InChI=1S/C16H13ClN2O3/c17-12-2-1-3-13(9-12)18-16(21)19-15(20)11-4-5-14-10(8-11)6-7-22-14/h1-5,8-9H,6-7H2,(H2,18,19,20,21). The molecule has 22 heavy (non-hydrogen) atoms. The minimum atomic E-state index is -0.607. The first-order valence-electron chi connectivity index (χ1n) is 6.75. The molecule has 0 fully saturated rings. The van der Waals surface area contributed by atoms with E-state index in [1.807, 2.05) is 0 Å². The lowest BCUT2D eigenvalue weighted by Gasteiger charge is -2.08. The van der Waals surface area contributed by atoms with Crippen molar-refractivity contribution >= 4 is 29.2 Å². The SMILES string of the molecule is O=C(NC(=O)c1ccc2c(c1)CCO2)Nc1cccc(Cl)c1. The third-order valence-electron chi connectivity index (χ3n) is 3.26. The Labute approximate surface area is 132 Å². The Balaban J connectivity index is 1.65. The lowest BCUT2D eigenvalue weighted by atomic mass is 10.1. The van der Waals surface area contributed by atoms with Crippen molar-refractivity contribution in [3.05, 3.63) is 58.6 Å². The van der Waals surface area contributed by atoms with Gasteiger partial charge in [0.15, 0.2) is 0 Å². The van der Waals surface area contributed by atoms with E-state index in [0.29, 0.717) is 22.9 Å². The van der Waals surface area contributed by atoms with Crippen molar-refractivity contribution in [3.8, 4) is 5.75 Å². The van der Waals surface area contributed by atoms with E-state index in [-0.39, 0.29) is 0 Å². The second-order valence-corrected chi connectivity index (χ2v) is 5.28. The second kappa shape index (κ2) is 6.07. The summed E-state index contributed by atoms with van der Waals surface area (Å²) in [4.78, 5) is 23.9. The maximum atomic E-state index is 12.1. The molecule has 1 aliphatic rings. The lowest BCUT2D eigenvalue weighted by Crippen LogP contribution is -2.34. The summed E-state index contributed by atoms with van der Waals surface area (Å²) in [6, 6.07) is 11.2. The fraction of sp³-hybridized carbons (Fsp3) is 0.125. The number of ether oxygens (including phenoxy) is 1. The van der Waals surface area contributed by atoms with Crippen LogP contribution in [0.1, 0.15) is 15.9 Å². The highest BCUT2D eigenvalue weighted by Crippen LogP contribution is 2.25. The number of carbonyl (C=O) groups excluding carboxylic acids is 2. The summed E-state index contributed by atoms with van der Waals surface area (Å²) in [5.41, 5.74) is 1.91. The van der Waals surface area contributed by atoms with Crippen molar-refractivity contribution in [2.75, 3.05) is 11.9 Å². The first kappa shape index (κ1) is 14.4. The van der Waals surface area contributed by atoms with Crippen molar-refractivity contribution in [2.24, 2.45) is 0 Å². The third-order valence-corrected chi connectivity index (χ3v) is 3.50. The highest BCUT2D eigenvalue weighted by molar-refractivity contribution is 6.30. The van der Waals surface area contributed by atoms with Gasteiger partial charge in [-0.1, -0.05) is 17.7 Å². The van der Waals surface area contributed by atoms with E-state index in [1.54, 1.807) is 42.5 Å². The fourth-order valence-electron chi connectivity index (χ4n) is 2.23. The quantitative estimate of drug-likeness (QED) is 0.893. The predicted octanol–water partition coefficient (Wildman–Crippen LogP) is 3.24. The Morgan fingerprint density at radius 3 is 2.82 bits per heavy atom. The average Bonchev–Trinajstić information content (AvgIpc) is 2.94. The van der Waals surface area contributed by atoms with Crippen LogP contribution in [-0.4, -0.2) is 18.5 Å². The van der Waals surface area contributed by atoms with Crippen LogP contribution in [0.4, 0.5) is 10.5 Å². The molecule has 1 heterocycles. The summed E-state index contributed by atoms with van der Waals surface area (Å²) < 4.78 is 5.38. The largest absolute Gasteiger partial charge is 0.493 e. The second-order valence-electron chi connectivity index (χ2n) is 4.84. The zero-order valence-corrected chi connectivity index (χ0v) is 12.3. The maximum absolute atomic E-state index is 12.1. The fourth-order valence-corrected chi connectivity index (χ4v) is 2.42. The smallest absolute Gasteiger partial charge is 0.326 e. The molecule has 0 saturated heterocycles. The van der Waals surface area contributed by atoms with Crippen LogP contribution < -0.4 is 15.4 Å². The molecular weight excluding hydrogens is 304 g/mol. The number of urea groups is 1. The van der Waals surface area contributed by atoms with E-state index in [0.717, 1.165) is 17.7 Å². The van der Waals surface area contributed by atoms with Crippen LogP contribution in [-0.2, 0) is 6.42 Å². The van der Waals surface area contributed by atoms with Crippen molar-refractivity contribution in [2.45, 2.75) is 6.42 Å². The van der Waals surface area contributed by atoms with Gasteiger partial charge in [0.25, 0.3) is 5.91 Å². The van der Waals surface area contributed by atoms with Gasteiger partial charge in [0.1, 0.15) is 5.75 Å². The number of benzene rings is 2. The van der Waals surface area contributed by atoms with Gasteiger partial charge >= 0.3 is 6.03 Å². The molecule has 112 valence electrons. The number of carbonyl (C=O) groups is 2. The molecular formula is C16H13ClN2O3. The lowest BCUT2D eigenvalue weighted by molar-refractivity contribution is 0.0967. The zero-order valence-electron chi connectivity index (χ0n) is 11.6. The summed E-state index contributed by atoms with van der Waals surface area (Å²) in [7, 11) is 0.